The van der Waals surface area contributed by atoms with Gasteiger partial charge in [0.05, 0.1) is 12.0 Å². The van der Waals surface area contributed by atoms with E-state index < -0.39 is 34.1 Å². The molecular weight excluding hydrogens is 456 g/mol. The summed E-state index contributed by atoms with van der Waals surface area (Å²) in [6.07, 6.45) is 4.36. The number of ketones is 2. The zero-order valence-electron chi connectivity index (χ0n) is 21.7. The molecule has 5 rings (SSSR count). The van der Waals surface area contributed by atoms with Gasteiger partial charge >= 0.3 is 5.97 Å². The van der Waals surface area contributed by atoms with Crippen molar-refractivity contribution in [1.82, 2.24) is 0 Å². The summed E-state index contributed by atoms with van der Waals surface area (Å²) in [5.74, 6) is -2.62. The van der Waals surface area contributed by atoms with Gasteiger partial charge in [0.25, 0.3) is 0 Å². The van der Waals surface area contributed by atoms with Crippen LogP contribution in [0.4, 0.5) is 0 Å². The van der Waals surface area contributed by atoms with E-state index in [9.17, 15) is 24.6 Å². The van der Waals surface area contributed by atoms with E-state index in [2.05, 4.69) is 13.8 Å². The highest BCUT2D eigenvalue weighted by molar-refractivity contribution is 6.05. The maximum absolute atomic E-state index is 13.2. The zero-order chi connectivity index (χ0) is 26.3. The monoisotopic (exact) mass is 492 g/mol. The van der Waals surface area contributed by atoms with E-state index in [1.807, 2.05) is 43.3 Å². The van der Waals surface area contributed by atoms with Crippen LogP contribution in [0.5, 0.6) is 0 Å². The molecule has 6 nitrogen and oxygen atoms in total. The topological polar surface area (TPSA) is 101 Å². The van der Waals surface area contributed by atoms with E-state index >= 15 is 0 Å². The van der Waals surface area contributed by atoms with Crippen LogP contribution in [-0.4, -0.2) is 44.6 Å². The lowest BCUT2D eigenvalue weighted by atomic mass is 9.60. The second kappa shape index (κ2) is 7.96. The minimum atomic E-state index is -1.79. The molecule has 4 aliphatic carbocycles. The number of ether oxygens (including phenoxy) is 1. The normalized spacial score (nSPS) is 40.1. The molecule has 0 heterocycles. The van der Waals surface area contributed by atoms with Crippen molar-refractivity contribution in [2.24, 2.45) is 29.1 Å². The standard InChI is InChI=1S/C30H36O6/c1-17-11-23-28(34,26(17)33)16-21(12-19(3)31)13-22-25-27(4,5)29(25,15-18(2)30(22,23)35)36-24(32)14-20-9-7-6-8-10-20/h6-11,13,18,22-23,25,34-35H,12,14-16H2,1-5H3/t18-,22+,23-,25-,28-,29+,30-/m1/s1. The number of rotatable bonds is 5. The number of carbonyl (C=O) groups excluding carboxylic acids is 3. The third-order valence-corrected chi connectivity index (χ3v) is 9.63. The van der Waals surface area contributed by atoms with Gasteiger partial charge in [-0.3, -0.25) is 14.4 Å². The molecule has 0 bridgehead atoms. The fourth-order valence-electron chi connectivity index (χ4n) is 7.93. The first kappa shape index (κ1) is 25.1. The van der Waals surface area contributed by atoms with Crippen LogP contribution in [0.25, 0.3) is 0 Å². The van der Waals surface area contributed by atoms with E-state index in [1.54, 1.807) is 13.0 Å². The predicted octanol–water partition coefficient (Wildman–Crippen LogP) is 3.74. The van der Waals surface area contributed by atoms with Crippen LogP contribution in [0.3, 0.4) is 0 Å². The van der Waals surface area contributed by atoms with E-state index in [4.69, 9.17) is 4.74 Å². The van der Waals surface area contributed by atoms with Crippen LogP contribution >= 0.6 is 0 Å². The number of hydrogen-bond donors (Lipinski definition) is 2. The second-order valence-electron chi connectivity index (χ2n) is 12.2. The average molecular weight is 493 g/mol. The molecule has 192 valence electrons. The second-order valence-corrected chi connectivity index (χ2v) is 12.2. The number of fused-ring (bicyclic) bond motifs is 5. The van der Waals surface area contributed by atoms with Crippen LogP contribution in [0.1, 0.15) is 59.4 Å². The summed E-state index contributed by atoms with van der Waals surface area (Å²) in [5, 5.41) is 24.2. The minimum absolute atomic E-state index is 0.0173. The van der Waals surface area contributed by atoms with Crippen molar-refractivity contribution >= 4 is 17.5 Å². The summed E-state index contributed by atoms with van der Waals surface area (Å²) >= 11 is 0. The summed E-state index contributed by atoms with van der Waals surface area (Å²) in [6.45, 7) is 9.19. The van der Waals surface area contributed by atoms with Crippen LogP contribution in [0.2, 0.25) is 0 Å². The Morgan fingerprint density at radius 2 is 1.75 bits per heavy atom. The molecule has 0 aromatic heterocycles. The van der Waals surface area contributed by atoms with Crippen molar-refractivity contribution in [3.05, 3.63) is 59.2 Å². The summed E-state index contributed by atoms with van der Waals surface area (Å²) < 4.78 is 6.28. The smallest absolute Gasteiger partial charge is 0.310 e. The van der Waals surface area contributed by atoms with E-state index in [1.165, 1.54) is 6.92 Å². The molecule has 0 saturated heterocycles. The first-order valence-corrected chi connectivity index (χ1v) is 12.9. The Hall–Kier alpha value is -2.57. The van der Waals surface area contributed by atoms with E-state index in [0.717, 1.165) is 5.56 Å². The SMILES string of the molecule is CC(=O)CC1=C[C@H]2[C@@H]3C(C)(C)[C@]3(OC(=O)Cc3ccccc3)C[C@@H](C)[C@]2(O)[C@@H]2C=C(C)C(=O)[C@@]2(O)C1. The molecule has 6 heteroatoms. The van der Waals surface area contributed by atoms with Crippen molar-refractivity contribution in [3.8, 4) is 0 Å². The van der Waals surface area contributed by atoms with E-state index in [-0.39, 0.29) is 48.6 Å². The average Bonchev–Trinajstić information content (AvgIpc) is 3.18. The summed E-state index contributed by atoms with van der Waals surface area (Å²) in [5.41, 5.74) is -2.43. The number of esters is 1. The fraction of sp³-hybridized carbons (Fsp3) is 0.567. The molecule has 0 aliphatic heterocycles. The molecule has 0 radical (unpaired) electrons. The quantitative estimate of drug-likeness (QED) is 0.480. The van der Waals surface area contributed by atoms with Crippen molar-refractivity contribution in [2.45, 2.75) is 77.1 Å². The number of hydrogen-bond acceptors (Lipinski definition) is 6. The Kier molecular flexibility index (Phi) is 5.55. The number of Topliss-reactive ketones (excluding diaryl/α,β-unsaturated/α-hetero) is 2. The van der Waals surface area contributed by atoms with Crippen molar-refractivity contribution in [3.63, 3.8) is 0 Å². The Balaban J connectivity index is 1.56. The van der Waals surface area contributed by atoms with Gasteiger partial charge in [0.15, 0.2) is 5.78 Å². The van der Waals surface area contributed by atoms with Gasteiger partial charge in [-0.25, -0.2) is 0 Å². The molecule has 4 aliphatic rings. The molecule has 0 amide bonds. The molecule has 36 heavy (non-hydrogen) atoms. The van der Waals surface area contributed by atoms with Crippen molar-refractivity contribution < 1.29 is 29.3 Å². The molecule has 1 aromatic rings. The third kappa shape index (κ3) is 3.33. The van der Waals surface area contributed by atoms with Gasteiger partial charge < -0.3 is 14.9 Å². The fourth-order valence-corrected chi connectivity index (χ4v) is 7.93. The maximum atomic E-state index is 13.2. The van der Waals surface area contributed by atoms with Crippen molar-refractivity contribution in [2.75, 3.05) is 0 Å². The highest BCUT2D eigenvalue weighted by atomic mass is 16.6. The maximum Gasteiger partial charge on any atom is 0.310 e. The molecule has 2 saturated carbocycles. The van der Waals surface area contributed by atoms with Gasteiger partial charge in [-0.15, -0.1) is 0 Å². The van der Waals surface area contributed by atoms with E-state index in [0.29, 0.717) is 17.6 Å². The Morgan fingerprint density at radius 1 is 1.08 bits per heavy atom. The Labute approximate surface area is 212 Å². The third-order valence-electron chi connectivity index (χ3n) is 9.63. The first-order valence-electron chi connectivity index (χ1n) is 12.9. The highest BCUT2D eigenvalue weighted by Gasteiger charge is 2.83. The summed E-state index contributed by atoms with van der Waals surface area (Å²) in [7, 11) is 0. The van der Waals surface area contributed by atoms with Gasteiger partial charge in [0.1, 0.15) is 17.0 Å². The molecule has 7 atom stereocenters. The lowest BCUT2D eigenvalue weighted by molar-refractivity contribution is -0.186. The number of benzene rings is 1. The molecule has 2 N–H and O–H groups in total. The van der Waals surface area contributed by atoms with Gasteiger partial charge in [0.2, 0.25) is 0 Å². The Morgan fingerprint density at radius 3 is 2.39 bits per heavy atom. The largest absolute Gasteiger partial charge is 0.458 e. The van der Waals surface area contributed by atoms with Gasteiger partial charge in [-0.2, -0.15) is 0 Å². The molecule has 0 unspecified atom stereocenters. The molecule has 2 fully saturated rings. The molecule has 0 spiro atoms. The Bertz CT molecular complexity index is 1200. The summed E-state index contributed by atoms with van der Waals surface area (Å²) in [4.78, 5) is 38.4. The van der Waals surface area contributed by atoms with Crippen LogP contribution in [0.15, 0.2) is 53.6 Å². The van der Waals surface area contributed by atoms with Crippen LogP contribution in [-0.2, 0) is 25.5 Å². The predicted molar refractivity (Wildman–Crippen MR) is 134 cm³/mol. The first-order chi connectivity index (χ1) is 16.8. The lowest BCUT2D eigenvalue weighted by Gasteiger charge is -2.50. The van der Waals surface area contributed by atoms with Gasteiger partial charge in [0, 0.05) is 36.0 Å². The number of aliphatic hydroxyl groups is 2. The molecule has 1 aromatic carbocycles. The van der Waals surface area contributed by atoms with Gasteiger partial charge in [-0.1, -0.05) is 68.8 Å². The van der Waals surface area contributed by atoms with Gasteiger partial charge in [-0.05, 0) is 37.3 Å². The summed E-state index contributed by atoms with van der Waals surface area (Å²) in [6, 6.07) is 9.47. The lowest BCUT2D eigenvalue weighted by Crippen LogP contribution is -2.61. The van der Waals surface area contributed by atoms with Crippen LogP contribution in [0, 0.1) is 29.1 Å². The highest BCUT2D eigenvalue weighted by Crippen LogP contribution is 2.76. The number of carbonyl (C=O) groups is 3. The van der Waals surface area contributed by atoms with Crippen molar-refractivity contribution in [1.29, 1.82) is 0 Å². The molecular formula is C30H36O6. The minimum Gasteiger partial charge on any atom is -0.458 e. The zero-order valence-corrected chi connectivity index (χ0v) is 21.7. The van der Waals surface area contributed by atoms with Crippen LogP contribution < -0.4 is 0 Å².